The van der Waals surface area contributed by atoms with E-state index in [2.05, 4.69) is 10.6 Å². The molecule has 0 radical (unpaired) electrons. The Labute approximate surface area is 170 Å². The van der Waals surface area contributed by atoms with Crippen molar-refractivity contribution in [2.45, 2.75) is 12.2 Å². The van der Waals surface area contributed by atoms with Crippen LogP contribution in [-0.4, -0.2) is 39.0 Å². The molecule has 3 rings (SSSR count). The third-order valence-electron chi connectivity index (χ3n) is 4.22. The molecule has 10 heteroatoms. The van der Waals surface area contributed by atoms with Crippen molar-refractivity contribution in [1.29, 1.82) is 0 Å². The molecule has 0 unspecified atom stereocenters. The number of benzene rings is 1. The minimum Gasteiger partial charge on any atom is -0.493 e. The maximum atomic E-state index is 12.5. The molecule has 1 aromatic carbocycles. The van der Waals surface area contributed by atoms with Gasteiger partial charge in [0.1, 0.15) is 5.00 Å². The third-order valence-corrected chi connectivity index (χ3v) is 6.53. The van der Waals surface area contributed by atoms with Crippen LogP contribution in [0.25, 0.3) is 0 Å². The van der Waals surface area contributed by atoms with Crippen molar-refractivity contribution in [1.82, 2.24) is 0 Å². The maximum Gasteiger partial charge on any atom is 0.324 e. The minimum atomic E-state index is -0.535. The van der Waals surface area contributed by atoms with Gasteiger partial charge in [-0.25, -0.2) is 4.79 Å². The lowest BCUT2D eigenvalue weighted by Gasteiger charge is -2.15. The number of carbonyl (C=O) groups excluding carboxylic acids is 2. The molecule has 0 spiro atoms. The van der Waals surface area contributed by atoms with Crippen molar-refractivity contribution < 1.29 is 23.8 Å². The number of amides is 3. The van der Waals surface area contributed by atoms with Gasteiger partial charge in [-0.05, 0) is 17.7 Å². The van der Waals surface area contributed by atoms with Crippen LogP contribution < -0.4 is 30.6 Å². The summed E-state index contributed by atoms with van der Waals surface area (Å²) in [6.45, 7) is 0. The number of urea groups is 1. The number of nitrogens with one attached hydrogen (secondary N) is 2. The zero-order chi connectivity index (χ0) is 20.3. The van der Waals surface area contributed by atoms with E-state index in [0.717, 1.165) is 28.4 Å². The van der Waals surface area contributed by atoms with Crippen LogP contribution in [0.3, 0.4) is 0 Å². The average Bonchev–Trinajstić information content (AvgIpc) is 3.04. The first-order valence-electron chi connectivity index (χ1n) is 8.38. The van der Waals surface area contributed by atoms with E-state index in [1.807, 2.05) is 0 Å². The second kappa shape index (κ2) is 8.61. The fourth-order valence-electron chi connectivity index (χ4n) is 3.00. The first-order chi connectivity index (χ1) is 13.5. The van der Waals surface area contributed by atoms with Gasteiger partial charge in [0.25, 0.3) is 5.91 Å². The number of rotatable bonds is 6. The van der Waals surface area contributed by atoms with Crippen LogP contribution in [0.5, 0.6) is 17.2 Å². The molecule has 0 atom stereocenters. The number of thiophene rings is 1. The number of anilines is 2. The van der Waals surface area contributed by atoms with Crippen molar-refractivity contribution in [2.24, 2.45) is 5.73 Å². The largest absolute Gasteiger partial charge is 0.493 e. The number of primary amides is 1. The summed E-state index contributed by atoms with van der Waals surface area (Å²) in [5.41, 5.74) is 7.36. The van der Waals surface area contributed by atoms with E-state index < -0.39 is 11.9 Å². The Bertz CT molecular complexity index is 888. The van der Waals surface area contributed by atoms with E-state index in [0.29, 0.717) is 33.5 Å². The molecular formula is C18H21N3O5S2. The van der Waals surface area contributed by atoms with Crippen LogP contribution in [0.2, 0.25) is 0 Å². The molecule has 0 aliphatic carbocycles. The second-order valence-electron chi connectivity index (χ2n) is 5.87. The van der Waals surface area contributed by atoms with Gasteiger partial charge >= 0.3 is 6.03 Å². The molecule has 150 valence electrons. The minimum absolute atomic E-state index is 0.403. The number of nitrogens with two attached hydrogens (primary N) is 1. The van der Waals surface area contributed by atoms with E-state index in [-0.39, 0.29) is 0 Å². The predicted octanol–water partition coefficient (Wildman–Crippen LogP) is 3.31. The van der Waals surface area contributed by atoms with Crippen LogP contribution in [-0.2, 0) is 12.2 Å². The number of ether oxygens (including phenoxy) is 3. The third kappa shape index (κ3) is 3.97. The molecular weight excluding hydrogens is 402 g/mol. The van der Waals surface area contributed by atoms with Gasteiger partial charge in [0.05, 0.1) is 32.6 Å². The predicted molar refractivity (Wildman–Crippen MR) is 111 cm³/mol. The number of hydrogen-bond donors (Lipinski definition) is 3. The highest BCUT2D eigenvalue weighted by atomic mass is 32.2. The van der Waals surface area contributed by atoms with Crippen molar-refractivity contribution in [3.05, 3.63) is 28.1 Å². The first-order valence-corrected chi connectivity index (χ1v) is 10.4. The molecule has 4 N–H and O–H groups in total. The van der Waals surface area contributed by atoms with Crippen molar-refractivity contribution in [3.63, 3.8) is 0 Å². The molecule has 1 aromatic heterocycles. The van der Waals surface area contributed by atoms with Gasteiger partial charge in [-0.1, -0.05) is 0 Å². The Morgan fingerprint density at radius 3 is 2.32 bits per heavy atom. The Hall–Kier alpha value is -2.59. The molecule has 0 fully saturated rings. The lowest BCUT2D eigenvalue weighted by molar-refractivity contribution is 0.100. The number of fused-ring (bicyclic) bond motifs is 1. The van der Waals surface area contributed by atoms with E-state index in [4.69, 9.17) is 19.9 Å². The van der Waals surface area contributed by atoms with Crippen LogP contribution in [0.1, 0.15) is 20.8 Å². The van der Waals surface area contributed by atoms with Crippen molar-refractivity contribution in [3.8, 4) is 17.2 Å². The van der Waals surface area contributed by atoms with Crippen molar-refractivity contribution in [2.75, 3.05) is 37.7 Å². The Morgan fingerprint density at radius 1 is 1.07 bits per heavy atom. The quantitative estimate of drug-likeness (QED) is 0.657. The summed E-state index contributed by atoms with van der Waals surface area (Å²) >= 11 is 3.18. The standard InChI is InChI=1S/C18H21N3O5S2/c1-24-11-6-9(7-12(25-2)15(11)26-3)20-18(23)21-17-14(16(19)22)10-4-5-27-8-13(10)28-17/h6-7H,4-5,8H2,1-3H3,(H2,19,22)(H2,20,21,23). The number of thioether (sulfide) groups is 1. The Balaban J connectivity index is 1.83. The zero-order valence-electron chi connectivity index (χ0n) is 15.7. The smallest absolute Gasteiger partial charge is 0.324 e. The fraction of sp³-hybridized carbons (Fsp3) is 0.333. The van der Waals surface area contributed by atoms with Crippen molar-refractivity contribution >= 4 is 45.7 Å². The lowest BCUT2D eigenvalue weighted by atomic mass is 10.1. The highest BCUT2D eigenvalue weighted by Crippen LogP contribution is 2.41. The molecule has 28 heavy (non-hydrogen) atoms. The fourth-order valence-corrected chi connectivity index (χ4v) is 5.38. The average molecular weight is 424 g/mol. The molecule has 2 aromatic rings. The summed E-state index contributed by atoms with van der Waals surface area (Å²) in [5.74, 6) is 2.47. The van der Waals surface area contributed by atoms with Gasteiger partial charge in [0.2, 0.25) is 5.75 Å². The van der Waals surface area contributed by atoms with E-state index >= 15 is 0 Å². The summed E-state index contributed by atoms with van der Waals surface area (Å²) in [6.07, 6.45) is 0.769. The summed E-state index contributed by atoms with van der Waals surface area (Å²) in [4.78, 5) is 25.6. The molecule has 1 aliphatic heterocycles. The molecule has 0 saturated heterocycles. The van der Waals surface area contributed by atoms with Gasteiger partial charge in [-0.3, -0.25) is 10.1 Å². The molecule has 0 bridgehead atoms. The monoisotopic (exact) mass is 423 g/mol. The lowest BCUT2D eigenvalue weighted by Crippen LogP contribution is -2.22. The first kappa shape index (κ1) is 20.2. The Morgan fingerprint density at radius 2 is 1.75 bits per heavy atom. The SMILES string of the molecule is COc1cc(NC(=O)Nc2sc3c(c2C(N)=O)CCSC3)cc(OC)c1OC. The van der Waals surface area contributed by atoms with Gasteiger partial charge in [-0.2, -0.15) is 11.8 Å². The van der Waals surface area contributed by atoms with Crippen LogP contribution >= 0.6 is 23.1 Å². The zero-order valence-corrected chi connectivity index (χ0v) is 17.3. The van der Waals surface area contributed by atoms with E-state index in [1.165, 1.54) is 32.7 Å². The van der Waals surface area contributed by atoms with Gasteiger partial charge in [0.15, 0.2) is 11.5 Å². The molecule has 2 heterocycles. The maximum absolute atomic E-state index is 12.5. The van der Waals surface area contributed by atoms with Gasteiger partial charge in [0, 0.05) is 22.8 Å². The van der Waals surface area contributed by atoms with E-state index in [1.54, 1.807) is 23.9 Å². The molecule has 0 saturated carbocycles. The highest BCUT2D eigenvalue weighted by molar-refractivity contribution is 7.98. The number of carbonyl (C=O) groups is 2. The summed E-state index contributed by atoms with van der Waals surface area (Å²) in [6, 6.07) is 2.74. The topological polar surface area (TPSA) is 112 Å². The number of hydrogen-bond acceptors (Lipinski definition) is 7. The van der Waals surface area contributed by atoms with Crippen LogP contribution in [0.4, 0.5) is 15.5 Å². The van der Waals surface area contributed by atoms with Crippen LogP contribution in [0.15, 0.2) is 12.1 Å². The molecule has 3 amide bonds. The summed E-state index contributed by atoms with van der Waals surface area (Å²) in [7, 11) is 4.49. The molecule has 8 nitrogen and oxygen atoms in total. The number of methoxy groups -OCH3 is 3. The Kier molecular flexibility index (Phi) is 6.20. The summed E-state index contributed by atoms with van der Waals surface area (Å²) < 4.78 is 15.8. The second-order valence-corrected chi connectivity index (χ2v) is 8.08. The molecule has 1 aliphatic rings. The van der Waals surface area contributed by atoms with E-state index in [9.17, 15) is 9.59 Å². The highest BCUT2D eigenvalue weighted by Gasteiger charge is 2.25. The summed E-state index contributed by atoms with van der Waals surface area (Å²) in [5, 5.41) is 5.93. The van der Waals surface area contributed by atoms with Crippen LogP contribution in [0, 0.1) is 0 Å². The van der Waals surface area contributed by atoms with Gasteiger partial charge < -0.3 is 25.3 Å². The normalized spacial score (nSPS) is 12.7. The van der Waals surface area contributed by atoms with Gasteiger partial charge in [-0.15, -0.1) is 11.3 Å².